The van der Waals surface area contributed by atoms with Crippen molar-refractivity contribution in [1.29, 1.82) is 0 Å². The number of fused-ring (bicyclic) bond motifs is 9. The van der Waals surface area contributed by atoms with Crippen LogP contribution >= 0.6 is 11.3 Å². The molecule has 0 aliphatic rings. The molecule has 51 heavy (non-hydrogen) atoms. The highest BCUT2D eigenvalue weighted by atomic mass is 32.1. The maximum atomic E-state index is 3.85. The summed E-state index contributed by atoms with van der Waals surface area (Å²) in [5.74, 6) is 0. The molecular formula is C48H30N2S. The zero-order valence-electron chi connectivity index (χ0n) is 27.6. The second kappa shape index (κ2) is 11.0. The Kier molecular flexibility index (Phi) is 6.16. The average Bonchev–Trinajstić information content (AvgIpc) is 3.87. The van der Waals surface area contributed by atoms with Gasteiger partial charge in [0, 0.05) is 58.5 Å². The summed E-state index contributed by atoms with van der Waals surface area (Å²) in [6.45, 7) is 0. The first kappa shape index (κ1) is 28.4. The van der Waals surface area contributed by atoms with Gasteiger partial charge in [-0.1, -0.05) is 121 Å². The van der Waals surface area contributed by atoms with Crippen molar-refractivity contribution in [3.8, 4) is 39.1 Å². The number of H-pyrrole nitrogens is 1. The minimum Gasteiger partial charge on any atom is -0.354 e. The van der Waals surface area contributed by atoms with Crippen LogP contribution in [0.25, 0.3) is 103 Å². The predicted octanol–water partition coefficient (Wildman–Crippen LogP) is 13.8. The highest BCUT2D eigenvalue weighted by Gasteiger charge is 2.17. The molecule has 3 heterocycles. The number of hydrogen-bond acceptors (Lipinski definition) is 1. The number of nitrogens with zero attached hydrogens (tertiary/aromatic N) is 1. The summed E-state index contributed by atoms with van der Waals surface area (Å²) in [6.07, 6.45) is 0. The second-order valence-corrected chi connectivity index (χ2v) is 14.5. The highest BCUT2D eigenvalue weighted by molar-refractivity contribution is 7.26. The van der Waals surface area contributed by atoms with Crippen molar-refractivity contribution < 1.29 is 0 Å². The highest BCUT2D eigenvalue weighted by Crippen LogP contribution is 2.43. The summed E-state index contributed by atoms with van der Waals surface area (Å²) in [5, 5.41) is 7.63. The van der Waals surface area contributed by atoms with Crippen LogP contribution in [-0.4, -0.2) is 9.55 Å². The van der Waals surface area contributed by atoms with Crippen LogP contribution in [0.1, 0.15) is 0 Å². The standard InChI is InChI=1S/C48H30N2S/c1-2-12-30(13-3-1)31-26-32(28-33(27-31)36-18-11-20-41-39-16-6-9-23-46(39)51-48(36)41)35-17-10-19-40-42-29-34(24-25-43(42)49-47(35)40)50-44-21-7-4-14-37(44)38-15-5-8-22-45(38)50/h1-29,49H. The molecule has 238 valence electrons. The van der Waals surface area contributed by atoms with E-state index in [9.17, 15) is 0 Å². The first-order valence-corrected chi connectivity index (χ1v) is 18.2. The topological polar surface area (TPSA) is 20.7 Å². The fraction of sp³-hybridized carbons (Fsp3) is 0. The van der Waals surface area contributed by atoms with Gasteiger partial charge in [-0.3, -0.25) is 0 Å². The van der Waals surface area contributed by atoms with Crippen molar-refractivity contribution >= 4 is 75.1 Å². The normalized spacial score (nSPS) is 11.9. The predicted molar refractivity (Wildman–Crippen MR) is 219 cm³/mol. The largest absolute Gasteiger partial charge is 0.354 e. The van der Waals surface area contributed by atoms with E-state index in [-0.39, 0.29) is 0 Å². The molecule has 0 radical (unpaired) electrons. The molecule has 0 aliphatic carbocycles. The molecule has 0 aliphatic heterocycles. The smallest absolute Gasteiger partial charge is 0.0544 e. The zero-order valence-corrected chi connectivity index (χ0v) is 28.4. The quantitative estimate of drug-likeness (QED) is 0.193. The Bertz CT molecular complexity index is 3090. The molecule has 0 amide bonds. The van der Waals surface area contributed by atoms with Crippen LogP contribution in [-0.2, 0) is 0 Å². The molecule has 0 bridgehead atoms. The summed E-state index contributed by atoms with van der Waals surface area (Å²) >= 11 is 1.89. The third-order valence-corrected chi connectivity index (χ3v) is 11.7. The maximum absolute atomic E-state index is 3.85. The Morgan fingerprint density at radius 1 is 0.392 bits per heavy atom. The fourth-order valence-corrected chi connectivity index (χ4v) is 9.44. The summed E-state index contributed by atoms with van der Waals surface area (Å²) in [4.78, 5) is 3.85. The van der Waals surface area contributed by atoms with Gasteiger partial charge in [-0.2, -0.15) is 0 Å². The van der Waals surface area contributed by atoms with E-state index in [1.165, 1.54) is 86.1 Å². The van der Waals surface area contributed by atoms with E-state index in [1.54, 1.807) is 0 Å². The number of thiophene rings is 1. The Morgan fingerprint density at radius 2 is 1.00 bits per heavy atom. The number of aromatic amines is 1. The average molecular weight is 667 g/mol. The molecule has 11 aromatic rings. The molecule has 1 N–H and O–H groups in total. The number of hydrogen-bond donors (Lipinski definition) is 1. The third kappa shape index (κ3) is 4.35. The SMILES string of the molecule is c1ccc(-c2cc(-c3cccc4c3[nH]c3ccc(-n5c6ccccc6c6ccccc65)cc34)cc(-c3cccc4c3sc3ccccc34)c2)cc1. The van der Waals surface area contributed by atoms with Crippen molar-refractivity contribution in [2.75, 3.05) is 0 Å². The van der Waals surface area contributed by atoms with E-state index < -0.39 is 0 Å². The van der Waals surface area contributed by atoms with Gasteiger partial charge in [0.25, 0.3) is 0 Å². The molecule has 3 aromatic heterocycles. The third-order valence-electron chi connectivity index (χ3n) is 10.5. The molecule has 11 rings (SSSR count). The van der Waals surface area contributed by atoms with Gasteiger partial charge < -0.3 is 9.55 Å². The first-order valence-electron chi connectivity index (χ1n) is 17.4. The van der Waals surface area contributed by atoms with Gasteiger partial charge in [0.15, 0.2) is 0 Å². The second-order valence-electron chi connectivity index (χ2n) is 13.4. The van der Waals surface area contributed by atoms with Gasteiger partial charge in [-0.25, -0.2) is 0 Å². The monoisotopic (exact) mass is 666 g/mol. The van der Waals surface area contributed by atoms with Crippen molar-refractivity contribution in [2.24, 2.45) is 0 Å². The number of nitrogens with one attached hydrogen (secondary N) is 1. The lowest BCUT2D eigenvalue weighted by molar-refractivity contribution is 1.19. The zero-order chi connectivity index (χ0) is 33.5. The Morgan fingerprint density at radius 3 is 1.78 bits per heavy atom. The van der Waals surface area contributed by atoms with Gasteiger partial charge >= 0.3 is 0 Å². The van der Waals surface area contributed by atoms with E-state index in [4.69, 9.17) is 0 Å². The van der Waals surface area contributed by atoms with Crippen LogP contribution in [0.3, 0.4) is 0 Å². The minimum atomic E-state index is 1.14. The van der Waals surface area contributed by atoms with Gasteiger partial charge in [-0.15, -0.1) is 11.3 Å². The lowest BCUT2D eigenvalue weighted by Crippen LogP contribution is -1.93. The molecule has 0 atom stereocenters. The Labute approximate surface area is 298 Å². The van der Waals surface area contributed by atoms with Gasteiger partial charge in [-0.05, 0) is 82.4 Å². The number of aromatic nitrogens is 2. The summed E-state index contributed by atoms with van der Waals surface area (Å²) in [6, 6.07) is 64.4. The number of para-hydroxylation sites is 3. The molecule has 2 nitrogen and oxygen atoms in total. The Hall–Kier alpha value is -6.42. The van der Waals surface area contributed by atoms with E-state index >= 15 is 0 Å². The van der Waals surface area contributed by atoms with E-state index in [2.05, 4.69) is 185 Å². The van der Waals surface area contributed by atoms with E-state index in [0.29, 0.717) is 0 Å². The molecule has 0 saturated carbocycles. The minimum absolute atomic E-state index is 1.14. The van der Waals surface area contributed by atoms with Crippen LogP contribution in [0.2, 0.25) is 0 Å². The molecule has 0 fully saturated rings. The molecule has 0 unspecified atom stereocenters. The molecule has 8 aromatic carbocycles. The molecular weight excluding hydrogens is 637 g/mol. The van der Waals surface area contributed by atoms with Gasteiger partial charge in [0.2, 0.25) is 0 Å². The number of rotatable bonds is 4. The van der Waals surface area contributed by atoms with Crippen molar-refractivity contribution in [2.45, 2.75) is 0 Å². The lowest BCUT2D eigenvalue weighted by atomic mass is 9.92. The van der Waals surface area contributed by atoms with E-state index in [0.717, 1.165) is 16.7 Å². The molecule has 0 spiro atoms. The molecule has 3 heteroatoms. The van der Waals surface area contributed by atoms with Crippen molar-refractivity contribution in [1.82, 2.24) is 9.55 Å². The fourth-order valence-electron chi connectivity index (χ4n) is 8.20. The van der Waals surface area contributed by atoms with E-state index in [1.807, 2.05) is 11.3 Å². The van der Waals surface area contributed by atoms with Crippen molar-refractivity contribution in [3.63, 3.8) is 0 Å². The van der Waals surface area contributed by atoms with Gasteiger partial charge in [0.1, 0.15) is 0 Å². The summed E-state index contributed by atoms with van der Waals surface area (Å²) < 4.78 is 5.05. The van der Waals surface area contributed by atoms with Crippen LogP contribution in [0.4, 0.5) is 0 Å². The first-order chi connectivity index (χ1) is 25.3. The van der Waals surface area contributed by atoms with Crippen LogP contribution < -0.4 is 0 Å². The summed E-state index contributed by atoms with van der Waals surface area (Å²) in [7, 11) is 0. The maximum Gasteiger partial charge on any atom is 0.0544 e. The Balaban J connectivity index is 1.13. The van der Waals surface area contributed by atoms with Crippen LogP contribution in [0.15, 0.2) is 176 Å². The van der Waals surface area contributed by atoms with Gasteiger partial charge in [0.05, 0.1) is 16.6 Å². The molecule has 0 saturated heterocycles. The number of benzene rings is 8. The van der Waals surface area contributed by atoms with Crippen LogP contribution in [0.5, 0.6) is 0 Å². The van der Waals surface area contributed by atoms with Crippen LogP contribution in [0, 0.1) is 0 Å². The summed E-state index contributed by atoms with van der Waals surface area (Å²) in [5.41, 5.74) is 13.2. The van der Waals surface area contributed by atoms with Crippen molar-refractivity contribution in [3.05, 3.63) is 176 Å². The lowest BCUT2D eigenvalue weighted by Gasteiger charge is -2.13.